The zero-order valence-electron chi connectivity index (χ0n) is 6.70. The molecule has 72 valence electrons. The van der Waals surface area contributed by atoms with Crippen LogP contribution in [0.3, 0.4) is 0 Å². The minimum atomic E-state index is 0.492. The molecule has 0 saturated carbocycles. The lowest BCUT2D eigenvalue weighted by Crippen LogP contribution is -2.29. The number of thiol groups is 2. The van der Waals surface area contributed by atoms with Crippen LogP contribution in [0, 0.1) is 0 Å². The van der Waals surface area contributed by atoms with Crippen molar-refractivity contribution in [3.63, 3.8) is 0 Å². The van der Waals surface area contributed by atoms with Gasteiger partial charge in [0.2, 0.25) is 0 Å². The molecule has 0 radical (unpaired) electrons. The van der Waals surface area contributed by atoms with Crippen LogP contribution in [0.1, 0.15) is 0 Å². The van der Waals surface area contributed by atoms with E-state index in [0.29, 0.717) is 21.7 Å². The number of hydrogen-bond donors (Lipinski definition) is 4. The van der Waals surface area contributed by atoms with E-state index in [-0.39, 0.29) is 0 Å². The predicted octanol–water partition coefficient (Wildman–Crippen LogP) is 1.09. The molecule has 0 aliphatic heterocycles. The average Bonchev–Trinajstić information content (AvgIpc) is 2.02. The van der Waals surface area contributed by atoms with Gasteiger partial charge in [0.1, 0.15) is 8.64 Å². The maximum atomic E-state index is 4.65. The summed E-state index contributed by atoms with van der Waals surface area (Å²) in [5, 5.41) is 5.68. The summed E-state index contributed by atoms with van der Waals surface area (Å²) in [4.78, 5) is 0. The van der Waals surface area contributed by atoms with Crippen LogP contribution in [0.5, 0.6) is 0 Å². The normalized spacial score (nSPS) is 7.67. The topological polar surface area (TPSA) is 24.1 Å². The fourth-order valence-corrected chi connectivity index (χ4v) is 0.767. The molecule has 0 heterocycles. The van der Waals surface area contributed by atoms with E-state index in [9.17, 15) is 0 Å². The molecule has 0 aliphatic rings. The first kappa shape index (κ1) is 15.4. The SMILES string of the molecule is CP.S=C(S)NCCNC(=S)S. The Bertz CT molecular complexity index is 125. The zero-order chi connectivity index (χ0) is 9.98. The smallest absolute Gasteiger partial charge is 0.130 e. The van der Waals surface area contributed by atoms with Gasteiger partial charge in [-0.3, -0.25) is 0 Å². The van der Waals surface area contributed by atoms with E-state index in [4.69, 9.17) is 0 Å². The molecule has 0 aromatic heterocycles. The largest absolute Gasteiger partial charge is 0.369 e. The van der Waals surface area contributed by atoms with Gasteiger partial charge in [-0.05, 0) is 0 Å². The maximum Gasteiger partial charge on any atom is 0.130 e. The molecule has 1 unspecified atom stereocenters. The minimum absolute atomic E-state index is 0.492. The van der Waals surface area contributed by atoms with Crippen LogP contribution in [0.2, 0.25) is 0 Å². The lowest BCUT2D eigenvalue weighted by molar-refractivity contribution is 0.834. The summed E-state index contributed by atoms with van der Waals surface area (Å²) >= 11 is 17.0. The highest BCUT2D eigenvalue weighted by molar-refractivity contribution is 8.11. The Morgan fingerprint density at radius 1 is 1.08 bits per heavy atom. The molecule has 0 aromatic carbocycles. The van der Waals surface area contributed by atoms with Crippen LogP contribution in [-0.4, -0.2) is 28.4 Å². The number of thiocarbonyl (C=S) groups is 2. The Balaban J connectivity index is 0. The Kier molecular flexibility index (Phi) is 15.3. The van der Waals surface area contributed by atoms with Crippen LogP contribution in [0.15, 0.2) is 0 Å². The molecular weight excluding hydrogens is 247 g/mol. The van der Waals surface area contributed by atoms with E-state index in [1.165, 1.54) is 0 Å². The lowest BCUT2D eigenvalue weighted by atomic mass is 10.6. The fourth-order valence-electron chi connectivity index (χ4n) is 0.339. The van der Waals surface area contributed by atoms with Crippen LogP contribution >= 0.6 is 58.9 Å². The average molecular weight is 260 g/mol. The van der Waals surface area contributed by atoms with Crippen molar-refractivity contribution in [2.75, 3.05) is 19.8 Å². The second-order valence-electron chi connectivity index (χ2n) is 1.46. The van der Waals surface area contributed by atoms with E-state index in [0.717, 1.165) is 0 Å². The van der Waals surface area contributed by atoms with Crippen LogP contribution in [0.4, 0.5) is 0 Å². The van der Waals surface area contributed by atoms with Crippen molar-refractivity contribution in [1.29, 1.82) is 0 Å². The molecule has 0 fully saturated rings. The van der Waals surface area contributed by atoms with Gasteiger partial charge in [-0.1, -0.05) is 31.1 Å². The minimum Gasteiger partial charge on any atom is -0.369 e. The van der Waals surface area contributed by atoms with Crippen molar-refractivity contribution < 1.29 is 0 Å². The van der Waals surface area contributed by atoms with E-state index in [2.05, 4.69) is 69.6 Å². The van der Waals surface area contributed by atoms with Gasteiger partial charge in [0, 0.05) is 13.1 Å². The molecule has 0 amide bonds. The van der Waals surface area contributed by atoms with Crippen molar-refractivity contribution in [3.8, 4) is 0 Å². The Morgan fingerprint density at radius 3 is 1.50 bits per heavy atom. The standard InChI is InChI=1S/C4H8N2S4.CH5P/c7-3(8)5-1-2-6-4(9)10;1-2/h1-2H2,(H2,5,7,8)(H2,6,9,10);2H2,1H3. The maximum absolute atomic E-state index is 4.65. The van der Waals surface area contributed by atoms with Crippen molar-refractivity contribution in [1.82, 2.24) is 10.6 Å². The highest BCUT2D eigenvalue weighted by Crippen LogP contribution is 1.77. The molecule has 0 bridgehead atoms. The predicted molar refractivity (Wildman–Crippen MR) is 74.8 cm³/mol. The van der Waals surface area contributed by atoms with E-state index >= 15 is 0 Å². The summed E-state index contributed by atoms with van der Waals surface area (Å²) in [6, 6.07) is 0. The molecule has 0 rings (SSSR count). The lowest BCUT2D eigenvalue weighted by Gasteiger charge is -2.03. The van der Waals surface area contributed by atoms with E-state index in [1.807, 2.05) is 6.66 Å². The van der Waals surface area contributed by atoms with E-state index < -0.39 is 0 Å². The first-order valence-electron chi connectivity index (χ1n) is 3.14. The second kappa shape index (κ2) is 11.9. The van der Waals surface area contributed by atoms with Gasteiger partial charge >= 0.3 is 0 Å². The number of nitrogens with one attached hydrogen (secondary N) is 2. The molecule has 0 aromatic rings. The van der Waals surface area contributed by atoms with Crippen LogP contribution in [-0.2, 0) is 0 Å². The summed E-state index contributed by atoms with van der Waals surface area (Å²) in [5.74, 6) is 0. The quantitative estimate of drug-likeness (QED) is 0.264. The summed E-state index contributed by atoms with van der Waals surface area (Å²) in [7, 11) is 2.42. The van der Waals surface area contributed by atoms with Gasteiger partial charge < -0.3 is 10.6 Å². The Labute approximate surface area is 97.7 Å². The number of rotatable bonds is 3. The molecule has 0 spiro atoms. The molecule has 0 aliphatic carbocycles. The Hall–Kier alpha value is 0.910. The van der Waals surface area contributed by atoms with Crippen molar-refractivity contribution in [2.24, 2.45) is 0 Å². The van der Waals surface area contributed by atoms with Crippen LogP contribution < -0.4 is 10.6 Å². The van der Waals surface area contributed by atoms with Gasteiger partial charge in [0.25, 0.3) is 0 Å². The van der Waals surface area contributed by atoms with Crippen molar-refractivity contribution in [2.45, 2.75) is 0 Å². The van der Waals surface area contributed by atoms with Gasteiger partial charge in [-0.15, -0.1) is 34.5 Å². The third kappa shape index (κ3) is 17.1. The molecule has 2 N–H and O–H groups in total. The molecule has 1 atom stereocenters. The van der Waals surface area contributed by atoms with Gasteiger partial charge in [0.05, 0.1) is 0 Å². The summed E-state index contributed by atoms with van der Waals surface area (Å²) in [5.41, 5.74) is 0. The van der Waals surface area contributed by atoms with E-state index in [1.54, 1.807) is 0 Å². The van der Waals surface area contributed by atoms with Gasteiger partial charge in [-0.25, -0.2) is 0 Å². The van der Waals surface area contributed by atoms with Gasteiger partial charge in [-0.2, -0.15) is 0 Å². The first-order valence-corrected chi connectivity index (χ1v) is 6.01. The molecule has 0 saturated heterocycles. The highest BCUT2D eigenvalue weighted by Gasteiger charge is 1.87. The Morgan fingerprint density at radius 2 is 1.33 bits per heavy atom. The number of hydrogen-bond acceptors (Lipinski definition) is 2. The third-order valence-corrected chi connectivity index (χ3v) is 1.28. The monoisotopic (exact) mass is 260 g/mol. The molecule has 7 heteroatoms. The van der Waals surface area contributed by atoms with Gasteiger partial charge in [0.15, 0.2) is 0 Å². The van der Waals surface area contributed by atoms with Crippen molar-refractivity contribution in [3.05, 3.63) is 0 Å². The first-order chi connectivity index (χ1) is 5.63. The summed E-state index contributed by atoms with van der Waals surface area (Å²) < 4.78 is 0.985. The zero-order valence-corrected chi connectivity index (χ0v) is 11.3. The molecule has 12 heavy (non-hydrogen) atoms. The van der Waals surface area contributed by atoms with Crippen LogP contribution in [0.25, 0.3) is 0 Å². The highest BCUT2D eigenvalue weighted by atomic mass is 32.1. The van der Waals surface area contributed by atoms with Crippen molar-refractivity contribution >= 4 is 67.6 Å². The summed E-state index contributed by atoms with van der Waals surface area (Å²) in [6.45, 7) is 3.34. The second-order valence-corrected chi connectivity index (χ2v) is 3.78. The fraction of sp³-hybridized carbons (Fsp3) is 0.600. The third-order valence-electron chi connectivity index (χ3n) is 0.677. The summed E-state index contributed by atoms with van der Waals surface area (Å²) in [6.07, 6.45) is 0. The molecular formula is C5H13N2PS4. The molecule has 2 nitrogen and oxygen atoms in total.